The quantitative estimate of drug-likeness (QED) is 0.843. The van der Waals surface area contributed by atoms with Crippen LogP contribution in [-0.2, 0) is 4.74 Å². The van der Waals surface area contributed by atoms with Gasteiger partial charge in [-0.15, -0.1) is 11.3 Å². The van der Waals surface area contributed by atoms with Crippen LogP contribution in [0.25, 0.3) is 0 Å². The third kappa shape index (κ3) is 3.49. The number of aromatic nitrogens is 1. The zero-order valence-corrected chi connectivity index (χ0v) is 12.8. The molecule has 0 aliphatic carbocycles. The van der Waals surface area contributed by atoms with Crippen molar-refractivity contribution in [3.63, 3.8) is 0 Å². The average Bonchev–Trinajstić information content (AvgIpc) is 2.88. The largest absolute Gasteiger partial charge is 0.461 e. The summed E-state index contributed by atoms with van der Waals surface area (Å²) in [6, 6.07) is 7.62. The highest BCUT2D eigenvalue weighted by atomic mass is 35.5. The van der Waals surface area contributed by atoms with Gasteiger partial charge in [0.25, 0.3) is 0 Å². The van der Waals surface area contributed by atoms with Gasteiger partial charge in [0.2, 0.25) is 0 Å². The molecule has 4 nitrogen and oxygen atoms in total. The number of nitrogens with one attached hydrogen (secondary N) is 1. The molecule has 0 bridgehead atoms. The number of thiazole rings is 1. The van der Waals surface area contributed by atoms with Gasteiger partial charge in [0.05, 0.1) is 12.1 Å². The maximum Gasteiger partial charge on any atom is 0.360 e. The van der Waals surface area contributed by atoms with E-state index in [4.69, 9.17) is 16.3 Å². The maximum atomic E-state index is 11.8. The predicted molar refractivity (Wildman–Crippen MR) is 81.6 cm³/mol. The standard InChI is InChI=1S/C14H15ClN2O2S/c1-3-19-14(18)12-13(20-8-16-12)17-9(2)10-4-6-11(15)7-5-10/h4-9,17H,3H2,1-2H3. The fourth-order valence-electron chi connectivity index (χ4n) is 1.72. The van der Waals surface area contributed by atoms with E-state index < -0.39 is 5.97 Å². The molecule has 0 radical (unpaired) electrons. The van der Waals surface area contributed by atoms with Gasteiger partial charge in [0.1, 0.15) is 5.00 Å². The SMILES string of the molecule is CCOC(=O)c1ncsc1NC(C)c1ccc(Cl)cc1. The van der Waals surface area contributed by atoms with Crippen molar-refractivity contribution in [1.82, 2.24) is 4.98 Å². The van der Waals surface area contributed by atoms with Crippen LogP contribution in [0.2, 0.25) is 5.02 Å². The molecular formula is C14H15ClN2O2S. The van der Waals surface area contributed by atoms with Crippen LogP contribution in [0.3, 0.4) is 0 Å². The van der Waals surface area contributed by atoms with Gasteiger partial charge in [-0.3, -0.25) is 0 Å². The van der Waals surface area contributed by atoms with E-state index in [1.165, 1.54) is 11.3 Å². The van der Waals surface area contributed by atoms with Crippen molar-refractivity contribution in [2.45, 2.75) is 19.9 Å². The van der Waals surface area contributed by atoms with Crippen LogP contribution in [0.4, 0.5) is 5.00 Å². The topological polar surface area (TPSA) is 51.2 Å². The van der Waals surface area contributed by atoms with E-state index in [2.05, 4.69) is 10.3 Å². The van der Waals surface area contributed by atoms with Gasteiger partial charge in [0, 0.05) is 11.1 Å². The highest BCUT2D eigenvalue weighted by Crippen LogP contribution is 2.27. The Morgan fingerprint density at radius 2 is 2.15 bits per heavy atom. The summed E-state index contributed by atoms with van der Waals surface area (Å²) in [4.78, 5) is 15.8. The van der Waals surface area contributed by atoms with Crippen molar-refractivity contribution in [3.8, 4) is 0 Å². The van der Waals surface area contributed by atoms with Gasteiger partial charge in [-0.2, -0.15) is 0 Å². The number of benzene rings is 1. The van der Waals surface area contributed by atoms with Gasteiger partial charge in [-0.1, -0.05) is 23.7 Å². The number of hydrogen-bond acceptors (Lipinski definition) is 5. The van der Waals surface area contributed by atoms with Crippen molar-refractivity contribution in [2.24, 2.45) is 0 Å². The summed E-state index contributed by atoms with van der Waals surface area (Å²) in [6.07, 6.45) is 0. The number of rotatable bonds is 5. The molecule has 1 unspecified atom stereocenters. The van der Waals surface area contributed by atoms with E-state index in [9.17, 15) is 4.79 Å². The lowest BCUT2D eigenvalue weighted by Gasteiger charge is -2.15. The first-order valence-electron chi connectivity index (χ1n) is 6.24. The minimum atomic E-state index is -0.403. The number of carbonyl (C=O) groups excluding carboxylic acids is 1. The lowest BCUT2D eigenvalue weighted by molar-refractivity contribution is 0.0521. The van der Waals surface area contributed by atoms with Gasteiger partial charge in [-0.25, -0.2) is 9.78 Å². The molecule has 2 aromatic rings. The third-order valence-electron chi connectivity index (χ3n) is 2.75. The summed E-state index contributed by atoms with van der Waals surface area (Å²) in [5.41, 5.74) is 3.04. The minimum absolute atomic E-state index is 0.0425. The lowest BCUT2D eigenvalue weighted by Crippen LogP contribution is -2.11. The van der Waals surface area contributed by atoms with Crippen molar-refractivity contribution >= 4 is 33.9 Å². The molecule has 1 aromatic carbocycles. The highest BCUT2D eigenvalue weighted by molar-refractivity contribution is 7.14. The van der Waals surface area contributed by atoms with E-state index in [-0.39, 0.29) is 6.04 Å². The summed E-state index contributed by atoms with van der Waals surface area (Å²) in [5.74, 6) is -0.403. The predicted octanol–water partition coefficient (Wildman–Crippen LogP) is 4.15. The maximum absolute atomic E-state index is 11.8. The summed E-state index contributed by atoms with van der Waals surface area (Å²) in [6.45, 7) is 4.12. The Morgan fingerprint density at radius 1 is 1.45 bits per heavy atom. The zero-order valence-electron chi connectivity index (χ0n) is 11.2. The van der Waals surface area contributed by atoms with Gasteiger partial charge in [0.15, 0.2) is 5.69 Å². The highest BCUT2D eigenvalue weighted by Gasteiger charge is 2.17. The van der Waals surface area contributed by atoms with Crippen molar-refractivity contribution in [3.05, 3.63) is 46.1 Å². The fraction of sp³-hybridized carbons (Fsp3) is 0.286. The first kappa shape index (κ1) is 14.8. The summed E-state index contributed by atoms with van der Waals surface area (Å²) in [5, 5.41) is 4.69. The zero-order chi connectivity index (χ0) is 14.5. The molecule has 0 saturated carbocycles. The van der Waals surface area contributed by atoms with Gasteiger partial charge < -0.3 is 10.1 Å². The Labute approximate surface area is 126 Å². The van der Waals surface area contributed by atoms with Crippen molar-refractivity contribution < 1.29 is 9.53 Å². The molecule has 0 aliphatic rings. The van der Waals surface area contributed by atoms with Crippen LogP contribution in [0.1, 0.15) is 35.9 Å². The second-order valence-corrected chi connectivity index (χ2v) is 5.46. The molecular weight excluding hydrogens is 296 g/mol. The van der Waals surface area contributed by atoms with Gasteiger partial charge >= 0.3 is 5.97 Å². The third-order valence-corrected chi connectivity index (χ3v) is 3.76. The van der Waals surface area contributed by atoms with Crippen LogP contribution in [-0.4, -0.2) is 17.6 Å². The molecule has 106 valence electrons. The Kier molecular flexibility index (Phi) is 4.98. The second kappa shape index (κ2) is 6.72. The lowest BCUT2D eigenvalue weighted by atomic mass is 10.1. The number of nitrogens with zero attached hydrogens (tertiary/aromatic N) is 1. The van der Waals surface area contributed by atoms with E-state index in [0.717, 1.165) is 5.56 Å². The Hall–Kier alpha value is -1.59. The Balaban J connectivity index is 2.12. The number of carbonyl (C=O) groups is 1. The van der Waals surface area contributed by atoms with Crippen LogP contribution in [0, 0.1) is 0 Å². The smallest absolute Gasteiger partial charge is 0.360 e. The van der Waals surface area contributed by atoms with Crippen molar-refractivity contribution in [1.29, 1.82) is 0 Å². The molecule has 20 heavy (non-hydrogen) atoms. The van der Waals surface area contributed by atoms with Gasteiger partial charge in [-0.05, 0) is 31.5 Å². The number of hydrogen-bond donors (Lipinski definition) is 1. The first-order chi connectivity index (χ1) is 9.61. The number of anilines is 1. The number of halogens is 1. The van der Waals surface area contributed by atoms with Crippen molar-refractivity contribution in [2.75, 3.05) is 11.9 Å². The molecule has 0 spiro atoms. The molecule has 1 atom stereocenters. The van der Waals surface area contributed by atoms with E-state index in [0.29, 0.717) is 22.3 Å². The normalized spacial score (nSPS) is 11.9. The number of esters is 1. The fourth-order valence-corrected chi connectivity index (χ4v) is 2.61. The molecule has 0 saturated heterocycles. The molecule has 1 heterocycles. The van der Waals surface area contributed by atoms with E-state index >= 15 is 0 Å². The summed E-state index contributed by atoms with van der Waals surface area (Å²) < 4.78 is 4.98. The molecule has 0 amide bonds. The molecule has 2 rings (SSSR count). The van der Waals surface area contributed by atoms with E-state index in [1.54, 1.807) is 12.4 Å². The second-order valence-electron chi connectivity index (χ2n) is 4.17. The minimum Gasteiger partial charge on any atom is -0.461 e. The summed E-state index contributed by atoms with van der Waals surface area (Å²) >= 11 is 7.25. The summed E-state index contributed by atoms with van der Waals surface area (Å²) in [7, 11) is 0. The molecule has 1 aromatic heterocycles. The van der Waals surface area contributed by atoms with Crippen LogP contribution in [0.15, 0.2) is 29.8 Å². The average molecular weight is 311 g/mol. The Bertz CT molecular complexity index is 583. The van der Waals surface area contributed by atoms with Crippen LogP contribution >= 0.6 is 22.9 Å². The number of ether oxygens (including phenoxy) is 1. The molecule has 6 heteroatoms. The molecule has 0 fully saturated rings. The van der Waals surface area contributed by atoms with Crippen LogP contribution in [0.5, 0.6) is 0 Å². The monoisotopic (exact) mass is 310 g/mol. The first-order valence-corrected chi connectivity index (χ1v) is 7.50. The van der Waals surface area contributed by atoms with Crippen LogP contribution < -0.4 is 5.32 Å². The molecule has 0 aliphatic heterocycles. The Morgan fingerprint density at radius 3 is 2.80 bits per heavy atom. The van der Waals surface area contributed by atoms with E-state index in [1.807, 2.05) is 31.2 Å². The molecule has 1 N–H and O–H groups in total.